The molecule has 2 heterocycles. The van der Waals surface area contributed by atoms with Crippen molar-refractivity contribution in [2.75, 3.05) is 0 Å². The van der Waals surface area contributed by atoms with Crippen LogP contribution in [0.2, 0.25) is 0 Å². The van der Waals surface area contributed by atoms with Crippen LogP contribution in [0.5, 0.6) is 0 Å². The first-order valence-corrected chi connectivity index (χ1v) is 5.93. The first-order valence-electron chi connectivity index (χ1n) is 4.98. The van der Waals surface area contributed by atoms with Crippen molar-refractivity contribution in [3.8, 4) is 0 Å². The van der Waals surface area contributed by atoms with Crippen molar-refractivity contribution < 1.29 is 0 Å². The van der Waals surface area contributed by atoms with E-state index in [1.165, 1.54) is 11.1 Å². The van der Waals surface area contributed by atoms with E-state index in [0.29, 0.717) is 0 Å². The third kappa shape index (κ3) is 3.59. The van der Waals surface area contributed by atoms with Gasteiger partial charge >= 0.3 is 0 Å². The SMILES string of the molecule is Cc1ncccc1CNCc1ccsc1.Cl. The minimum atomic E-state index is 0. The van der Waals surface area contributed by atoms with E-state index < -0.39 is 0 Å². The van der Waals surface area contributed by atoms with Crippen molar-refractivity contribution in [2.24, 2.45) is 0 Å². The fraction of sp³-hybridized carbons (Fsp3) is 0.250. The highest BCUT2D eigenvalue weighted by atomic mass is 35.5. The lowest BCUT2D eigenvalue weighted by atomic mass is 10.2. The van der Waals surface area contributed by atoms with Crippen molar-refractivity contribution in [1.29, 1.82) is 0 Å². The summed E-state index contributed by atoms with van der Waals surface area (Å²) in [6, 6.07) is 6.24. The quantitative estimate of drug-likeness (QED) is 0.907. The van der Waals surface area contributed by atoms with Crippen LogP contribution in [0.4, 0.5) is 0 Å². The molecular formula is C12H15ClN2S. The van der Waals surface area contributed by atoms with Gasteiger partial charge in [0.25, 0.3) is 0 Å². The molecule has 2 aromatic heterocycles. The average molecular weight is 255 g/mol. The molecular weight excluding hydrogens is 240 g/mol. The highest BCUT2D eigenvalue weighted by Gasteiger charge is 1.97. The summed E-state index contributed by atoms with van der Waals surface area (Å²) in [6.45, 7) is 3.86. The first kappa shape index (κ1) is 13.2. The Morgan fingerprint density at radius 2 is 2.19 bits per heavy atom. The van der Waals surface area contributed by atoms with Crippen LogP contribution in [0.25, 0.3) is 0 Å². The molecule has 0 bridgehead atoms. The van der Waals surface area contributed by atoms with E-state index in [0.717, 1.165) is 18.8 Å². The van der Waals surface area contributed by atoms with Gasteiger partial charge < -0.3 is 5.32 Å². The van der Waals surface area contributed by atoms with Gasteiger partial charge in [-0.2, -0.15) is 11.3 Å². The van der Waals surface area contributed by atoms with Gasteiger partial charge in [-0.1, -0.05) is 6.07 Å². The Labute approximate surface area is 106 Å². The Morgan fingerprint density at radius 1 is 1.31 bits per heavy atom. The number of hydrogen-bond donors (Lipinski definition) is 1. The molecule has 2 aromatic rings. The molecule has 0 unspecified atom stereocenters. The monoisotopic (exact) mass is 254 g/mol. The maximum absolute atomic E-state index is 4.26. The zero-order valence-electron chi connectivity index (χ0n) is 9.14. The Bertz CT molecular complexity index is 415. The van der Waals surface area contributed by atoms with Gasteiger partial charge in [0.15, 0.2) is 0 Å². The lowest BCUT2D eigenvalue weighted by molar-refractivity contribution is 0.689. The van der Waals surface area contributed by atoms with E-state index in [1.54, 1.807) is 11.3 Å². The van der Waals surface area contributed by atoms with Gasteiger partial charge in [-0.3, -0.25) is 4.98 Å². The highest BCUT2D eigenvalue weighted by Crippen LogP contribution is 2.07. The van der Waals surface area contributed by atoms with E-state index in [4.69, 9.17) is 0 Å². The Morgan fingerprint density at radius 3 is 2.88 bits per heavy atom. The Kier molecular flexibility index (Phi) is 5.46. The molecule has 2 rings (SSSR count). The zero-order valence-corrected chi connectivity index (χ0v) is 10.8. The molecule has 86 valence electrons. The number of thiophene rings is 1. The number of nitrogens with zero attached hydrogens (tertiary/aromatic N) is 1. The minimum Gasteiger partial charge on any atom is -0.309 e. The third-order valence-electron chi connectivity index (χ3n) is 2.34. The molecule has 0 aromatic carbocycles. The van der Waals surface area contributed by atoms with Crippen LogP contribution in [0.3, 0.4) is 0 Å². The molecule has 0 fully saturated rings. The predicted octanol–water partition coefficient (Wildman–Crippen LogP) is 3.16. The van der Waals surface area contributed by atoms with Crippen molar-refractivity contribution in [2.45, 2.75) is 20.0 Å². The molecule has 1 N–H and O–H groups in total. The Balaban J connectivity index is 0.00000128. The van der Waals surface area contributed by atoms with Crippen molar-refractivity contribution >= 4 is 23.7 Å². The van der Waals surface area contributed by atoms with Crippen LogP contribution < -0.4 is 5.32 Å². The fourth-order valence-corrected chi connectivity index (χ4v) is 2.11. The van der Waals surface area contributed by atoms with Crippen LogP contribution in [0, 0.1) is 6.92 Å². The van der Waals surface area contributed by atoms with Crippen molar-refractivity contribution in [3.63, 3.8) is 0 Å². The number of nitrogens with one attached hydrogen (secondary N) is 1. The summed E-state index contributed by atoms with van der Waals surface area (Å²) >= 11 is 1.74. The summed E-state index contributed by atoms with van der Waals surface area (Å²) in [4.78, 5) is 4.26. The molecule has 0 aliphatic carbocycles. The fourth-order valence-electron chi connectivity index (χ4n) is 1.44. The lowest BCUT2D eigenvalue weighted by Crippen LogP contribution is -2.13. The van der Waals surface area contributed by atoms with Crippen LogP contribution in [0.15, 0.2) is 35.2 Å². The molecule has 2 nitrogen and oxygen atoms in total. The summed E-state index contributed by atoms with van der Waals surface area (Å²) in [6.07, 6.45) is 1.83. The van der Waals surface area contributed by atoms with Crippen LogP contribution in [0.1, 0.15) is 16.8 Å². The number of aromatic nitrogens is 1. The number of hydrogen-bond acceptors (Lipinski definition) is 3. The van der Waals surface area contributed by atoms with Gasteiger partial charge in [0, 0.05) is 25.0 Å². The highest BCUT2D eigenvalue weighted by molar-refractivity contribution is 7.07. The van der Waals surface area contributed by atoms with Crippen molar-refractivity contribution in [3.05, 3.63) is 52.0 Å². The molecule has 0 saturated carbocycles. The van der Waals surface area contributed by atoms with Gasteiger partial charge in [0.1, 0.15) is 0 Å². The summed E-state index contributed by atoms with van der Waals surface area (Å²) in [5, 5.41) is 7.68. The molecule has 0 amide bonds. The smallest absolute Gasteiger partial charge is 0.0417 e. The average Bonchev–Trinajstić information content (AvgIpc) is 2.74. The molecule has 0 spiro atoms. The molecule has 0 aliphatic rings. The van der Waals surface area contributed by atoms with Gasteiger partial charge in [0.2, 0.25) is 0 Å². The molecule has 0 aliphatic heterocycles. The van der Waals surface area contributed by atoms with E-state index in [9.17, 15) is 0 Å². The van der Waals surface area contributed by atoms with Gasteiger partial charge in [-0.15, -0.1) is 12.4 Å². The molecule has 0 radical (unpaired) electrons. The van der Waals surface area contributed by atoms with Crippen LogP contribution in [-0.2, 0) is 13.1 Å². The summed E-state index contributed by atoms with van der Waals surface area (Å²) in [5.41, 5.74) is 3.73. The van der Waals surface area contributed by atoms with Crippen LogP contribution in [-0.4, -0.2) is 4.98 Å². The second-order valence-electron chi connectivity index (χ2n) is 3.48. The van der Waals surface area contributed by atoms with E-state index in [1.807, 2.05) is 19.2 Å². The number of rotatable bonds is 4. The standard InChI is InChI=1S/C12H14N2S.ClH/c1-10-12(3-2-5-14-10)8-13-7-11-4-6-15-9-11;/h2-6,9,13H,7-8H2,1H3;1H. The third-order valence-corrected chi connectivity index (χ3v) is 3.07. The van der Waals surface area contributed by atoms with E-state index in [-0.39, 0.29) is 12.4 Å². The van der Waals surface area contributed by atoms with Gasteiger partial charge in [-0.25, -0.2) is 0 Å². The molecule has 16 heavy (non-hydrogen) atoms. The first-order chi connectivity index (χ1) is 7.36. The van der Waals surface area contributed by atoms with E-state index >= 15 is 0 Å². The summed E-state index contributed by atoms with van der Waals surface area (Å²) < 4.78 is 0. The molecule has 0 atom stereocenters. The van der Waals surface area contributed by atoms with Crippen molar-refractivity contribution in [1.82, 2.24) is 10.3 Å². The van der Waals surface area contributed by atoms with Gasteiger partial charge in [-0.05, 0) is 40.9 Å². The lowest BCUT2D eigenvalue weighted by Gasteiger charge is -2.05. The second-order valence-corrected chi connectivity index (χ2v) is 4.26. The topological polar surface area (TPSA) is 24.9 Å². The largest absolute Gasteiger partial charge is 0.309 e. The maximum Gasteiger partial charge on any atom is 0.0417 e. The van der Waals surface area contributed by atoms with Gasteiger partial charge in [0.05, 0.1) is 0 Å². The maximum atomic E-state index is 4.26. The van der Waals surface area contributed by atoms with Crippen LogP contribution >= 0.6 is 23.7 Å². The summed E-state index contributed by atoms with van der Waals surface area (Å²) in [5.74, 6) is 0. The number of halogens is 1. The number of aryl methyl sites for hydroxylation is 1. The normalized spacial score (nSPS) is 9.81. The molecule has 0 saturated heterocycles. The second kappa shape index (κ2) is 6.63. The Hall–Kier alpha value is -0.900. The summed E-state index contributed by atoms with van der Waals surface area (Å²) in [7, 11) is 0. The molecule has 4 heteroatoms. The minimum absolute atomic E-state index is 0. The number of pyridine rings is 1. The van der Waals surface area contributed by atoms with E-state index in [2.05, 4.69) is 33.2 Å². The zero-order chi connectivity index (χ0) is 10.5. The predicted molar refractivity (Wildman–Crippen MR) is 71.1 cm³/mol.